The second-order valence-electron chi connectivity index (χ2n) is 6.36. The molecule has 2 aromatic carbocycles. The van der Waals surface area contributed by atoms with Crippen LogP contribution in [0.15, 0.2) is 48.5 Å². The number of nitrogens with zero attached hydrogens (tertiary/aromatic N) is 1. The van der Waals surface area contributed by atoms with Gasteiger partial charge in [-0.1, -0.05) is 48.5 Å². The summed E-state index contributed by atoms with van der Waals surface area (Å²) in [4.78, 5) is 2.19. The van der Waals surface area contributed by atoms with Crippen LogP contribution in [0.2, 0.25) is 0 Å². The minimum atomic E-state index is 0.573. The summed E-state index contributed by atoms with van der Waals surface area (Å²) in [6.07, 6.45) is 2.30. The maximum absolute atomic E-state index is 3.29. The second kappa shape index (κ2) is 8.11. The van der Waals surface area contributed by atoms with E-state index in [4.69, 9.17) is 0 Å². The average Bonchev–Trinajstić information content (AvgIpc) is 2.53. The maximum atomic E-state index is 3.29. The van der Waals surface area contributed by atoms with E-state index in [2.05, 4.69) is 79.8 Å². The molecule has 0 bridgehead atoms. The lowest BCUT2D eigenvalue weighted by atomic mass is 10.00. The third-order valence-electron chi connectivity index (χ3n) is 4.10. The summed E-state index contributed by atoms with van der Waals surface area (Å²) < 4.78 is 0. The van der Waals surface area contributed by atoms with Crippen molar-refractivity contribution in [2.24, 2.45) is 0 Å². The Kier molecular flexibility index (Phi) is 6.17. The Morgan fingerprint density at radius 2 is 1.36 bits per heavy atom. The third kappa shape index (κ3) is 4.97. The van der Waals surface area contributed by atoms with Crippen molar-refractivity contribution in [1.82, 2.24) is 10.2 Å². The van der Waals surface area contributed by atoms with Crippen molar-refractivity contribution in [3.63, 3.8) is 0 Å². The lowest BCUT2D eigenvalue weighted by molar-refractivity contribution is 0.402. The Hall–Kier alpha value is -1.64. The van der Waals surface area contributed by atoms with Crippen LogP contribution < -0.4 is 5.32 Å². The van der Waals surface area contributed by atoms with Crippen LogP contribution in [0, 0.1) is 0 Å². The van der Waals surface area contributed by atoms with Crippen LogP contribution >= 0.6 is 0 Å². The molecule has 0 aliphatic carbocycles. The van der Waals surface area contributed by atoms with Gasteiger partial charge in [0.1, 0.15) is 0 Å². The highest BCUT2D eigenvalue weighted by molar-refractivity contribution is 5.63. The van der Waals surface area contributed by atoms with E-state index in [-0.39, 0.29) is 0 Å². The molecule has 1 unspecified atom stereocenters. The lowest BCUT2D eigenvalue weighted by Gasteiger charge is -2.11. The highest BCUT2D eigenvalue weighted by Gasteiger charge is 2.02. The molecule has 0 aliphatic rings. The molecule has 0 saturated carbocycles. The fourth-order valence-corrected chi connectivity index (χ4v) is 2.56. The first-order chi connectivity index (χ1) is 10.6. The van der Waals surface area contributed by atoms with Crippen LogP contribution in [0.5, 0.6) is 0 Å². The van der Waals surface area contributed by atoms with E-state index in [1.807, 2.05) is 7.05 Å². The topological polar surface area (TPSA) is 15.3 Å². The van der Waals surface area contributed by atoms with E-state index in [0.717, 1.165) is 13.0 Å². The summed E-state index contributed by atoms with van der Waals surface area (Å²) in [7, 11) is 6.22. The quantitative estimate of drug-likeness (QED) is 0.832. The van der Waals surface area contributed by atoms with Crippen LogP contribution in [0.25, 0.3) is 11.1 Å². The Morgan fingerprint density at radius 1 is 0.864 bits per heavy atom. The van der Waals surface area contributed by atoms with Gasteiger partial charge in [0.05, 0.1) is 0 Å². The highest BCUT2D eigenvalue weighted by atomic mass is 15.0. The summed E-state index contributed by atoms with van der Waals surface area (Å²) >= 11 is 0. The predicted molar refractivity (Wildman–Crippen MR) is 96.1 cm³/mol. The van der Waals surface area contributed by atoms with Crippen molar-refractivity contribution in [2.45, 2.75) is 32.4 Å². The Balaban J connectivity index is 2.00. The van der Waals surface area contributed by atoms with E-state index in [1.165, 1.54) is 28.7 Å². The molecule has 0 aromatic heterocycles. The summed E-state index contributed by atoms with van der Waals surface area (Å²) in [5, 5.41) is 3.29. The molecule has 1 atom stereocenters. The predicted octanol–water partition coefficient (Wildman–Crippen LogP) is 3.96. The van der Waals surface area contributed by atoms with Gasteiger partial charge in [0.15, 0.2) is 0 Å². The summed E-state index contributed by atoms with van der Waals surface area (Å²) in [6, 6.07) is 18.4. The Morgan fingerprint density at radius 3 is 1.82 bits per heavy atom. The molecule has 2 aromatic rings. The zero-order valence-electron chi connectivity index (χ0n) is 14.3. The molecule has 2 rings (SSSR count). The van der Waals surface area contributed by atoms with Gasteiger partial charge in [-0.2, -0.15) is 0 Å². The molecule has 22 heavy (non-hydrogen) atoms. The summed E-state index contributed by atoms with van der Waals surface area (Å²) in [6.45, 7) is 3.21. The third-order valence-corrected chi connectivity index (χ3v) is 4.10. The van der Waals surface area contributed by atoms with Crippen LogP contribution in [0.4, 0.5) is 0 Å². The highest BCUT2D eigenvalue weighted by Crippen LogP contribution is 2.21. The fraction of sp³-hybridized carbons (Fsp3) is 0.400. The molecular weight excluding hydrogens is 268 g/mol. The van der Waals surface area contributed by atoms with Gasteiger partial charge in [-0.25, -0.2) is 0 Å². The molecule has 118 valence electrons. The fourth-order valence-electron chi connectivity index (χ4n) is 2.56. The van der Waals surface area contributed by atoms with Gasteiger partial charge < -0.3 is 10.2 Å². The second-order valence-corrected chi connectivity index (χ2v) is 6.36. The molecule has 2 nitrogen and oxygen atoms in total. The lowest BCUT2D eigenvalue weighted by Crippen LogP contribution is -2.21. The van der Waals surface area contributed by atoms with E-state index < -0.39 is 0 Å². The van der Waals surface area contributed by atoms with Crippen molar-refractivity contribution in [3.8, 4) is 11.1 Å². The summed E-state index contributed by atoms with van der Waals surface area (Å²) in [5.74, 6) is 0. The number of hydrogen-bond donors (Lipinski definition) is 1. The van der Waals surface area contributed by atoms with E-state index >= 15 is 0 Å². The number of rotatable bonds is 7. The molecule has 0 radical (unpaired) electrons. The van der Waals surface area contributed by atoms with Gasteiger partial charge in [-0.15, -0.1) is 0 Å². The van der Waals surface area contributed by atoms with E-state index in [1.54, 1.807) is 0 Å². The van der Waals surface area contributed by atoms with Gasteiger partial charge in [0, 0.05) is 12.6 Å². The van der Waals surface area contributed by atoms with Crippen molar-refractivity contribution in [2.75, 3.05) is 21.1 Å². The molecule has 1 N–H and O–H groups in total. The first-order valence-electron chi connectivity index (χ1n) is 8.08. The van der Waals surface area contributed by atoms with Gasteiger partial charge in [-0.05, 0) is 63.2 Å². The average molecular weight is 296 g/mol. The monoisotopic (exact) mass is 296 g/mol. The number of nitrogens with one attached hydrogen (secondary N) is 1. The molecule has 0 saturated heterocycles. The minimum absolute atomic E-state index is 0.573. The molecule has 0 heterocycles. The van der Waals surface area contributed by atoms with Gasteiger partial charge in [0.2, 0.25) is 0 Å². The summed E-state index contributed by atoms with van der Waals surface area (Å²) in [5.41, 5.74) is 5.35. The SMILES string of the molecule is CNC(C)CCc1ccc(-c2ccc(CN(C)C)cc2)cc1. The van der Waals surface area contributed by atoms with Crippen molar-refractivity contribution >= 4 is 0 Å². The van der Waals surface area contributed by atoms with Crippen molar-refractivity contribution in [3.05, 3.63) is 59.7 Å². The van der Waals surface area contributed by atoms with E-state index in [0.29, 0.717) is 6.04 Å². The van der Waals surface area contributed by atoms with Crippen LogP contribution in [0.1, 0.15) is 24.5 Å². The van der Waals surface area contributed by atoms with E-state index in [9.17, 15) is 0 Å². The molecule has 0 fully saturated rings. The maximum Gasteiger partial charge on any atom is 0.0227 e. The van der Waals surface area contributed by atoms with Gasteiger partial charge in [0.25, 0.3) is 0 Å². The standard InChI is InChI=1S/C20H28N2/c1-16(21-2)5-6-17-7-11-19(12-8-17)20-13-9-18(10-14-20)15-22(3)4/h7-14,16,21H,5-6,15H2,1-4H3. The smallest absolute Gasteiger partial charge is 0.0227 e. The number of aryl methyl sites for hydroxylation is 1. The van der Waals surface area contributed by atoms with Crippen molar-refractivity contribution in [1.29, 1.82) is 0 Å². The zero-order chi connectivity index (χ0) is 15.9. The minimum Gasteiger partial charge on any atom is -0.317 e. The molecule has 0 amide bonds. The van der Waals surface area contributed by atoms with Crippen LogP contribution in [-0.4, -0.2) is 32.1 Å². The Labute approximate surface area is 135 Å². The number of hydrogen-bond acceptors (Lipinski definition) is 2. The van der Waals surface area contributed by atoms with Crippen LogP contribution in [-0.2, 0) is 13.0 Å². The van der Waals surface area contributed by atoms with Crippen molar-refractivity contribution < 1.29 is 0 Å². The largest absolute Gasteiger partial charge is 0.317 e. The zero-order valence-corrected chi connectivity index (χ0v) is 14.3. The molecule has 0 aliphatic heterocycles. The van der Waals surface area contributed by atoms with Gasteiger partial charge in [-0.3, -0.25) is 0 Å². The number of benzene rings is 2. The normalized spacial score (nSPS) is 12.6. The molecule has 0 spiro atoms. The van der Waals surface area contributed by atoms with Crippen LogP contribution in [0.3, 0.4) is 0 Å². The first kappa shape index (κ1) is 16.7. The first-order valence-corrected chi connectivity index (χ1v) is 8.08. The van der Waals surface area contributed by atoms with Gasteiger partial charge >= 0.3 is 0 Å². The Bertz CT molecular complexity index is 555. The molecular formula is C20H28N2. The molecule has 2 heteroatoms.